The van der Waals surface area contributed by atoms with Gasteiger partial charge in [-0.05, 0) is 19.9 Å². The van der Waals surface area contributed by atoms with Gasteiger partial charge in [0.05, 0.1) is 17.6 Å². The Morgan fingerprint density at radius 1 is 1.31 bits per heavy atom. The molecule has 2 atom stereocenters. The van der Waals surface area contributed by atoms with E-state index in [1.54, 1.807) is 0 Å². The normalized spacial score (nSPS) is 16.0. The molecule has 0 aromatic carbocycles. The SMILES string of the molecule is CCCC(NC)C(CC)S(=O)(=O)CCOC. The molecule has 0 spiro atoms. The Hall–Kier alpha value is -0.130. The summed E-state index contributed by atoms with van der Waals surface area (Å²) in [6, 6.07) is 0.0526. The first-order chi connectivity index (χ1) is 7.53. The predicted molar refractivity (Wildman–Crippen MR) is 67.5 cm³/mol. The van der Waals surface area contributed by atoms with Crippen molar-refractivity contribution in [2.75, 3.05) is 26.5 Å². The zero-order valence-electron chi connectivity index (χ0n) is 10.8. The number of nitrogens with one attached hydrogen (secondary N) is 1. The van der Waals surface area contributed by atoms with Gasteiger partial charge in [-0.2, -0.15) is 0 Å². The minimum Gasteiger partial charge on any atom is -0.384 e. The Bertz CT molecular complexity index is 264. The highest BCUT2D eigenvalue weighted by atomic mass is 32.2. The fourth-order valence-corrected chi connectivity index (χ4v) is 3.95. The lowest BCUT2D eigenvalue weighted by Crippen LogP contribution is -2.43. The Morgan fingerprint density at radius 3 is 2.31 bits per heavy atom. The van der Waals surface area contributed by atoms with Crippen molar-refractivity contribution in [1.29, 1.82) is 0 Å². The number of rotatable bonds is 9. The van der Waals surface area contributed by atoms with Crippen LogP contribution in [0.25, 0.3) is 0 Å². The van der Waals surface area contributed by atoms with Crippen LogP contribution in [0.15, 0.2) is 0 Å². The summed E-state index contributed by atoms with van der Waals surface area (Å²) < 4.78 is 29.0. The molecule has 5 heteroatoms. The largest absolute Gasteiger partial charge is 0.384 e. The summed E-state index contributed by atoms with van der Waals surface area (Å²) in [5.74, 6) is 0.115. The summed E-state index contributed by atoms with van der Waals surface area (Å²) >= 11 is 0. The maximum atomic E-state index is 12.1. The van der Waals surface area contributed by atoms with Crippen molar-refractivity contribution in [2.45, 2.75) is 44.4 Å². The molecule has 0 aliphatic heterocycles. The van der Waals surface area contributed by atoms with E-state index in [0.717, 1.165) is 12.8 Å². The third-order valence-corrected chi connectivity index (χ3v) is 5.17. The molecule has 0 saturated carbocycles. The van der Waals surface area contributed by atoms with E-state index >= 15 is 0 Å². The summed E-state index contributed by atoms with van der Waals surface area (Å²) in [6.45, 7) is 4.27. The van der Waals surface area contributed by atoms with Crippen molar-refractivity contribution in [2.24, 2.45) is 0 Å². The third kappa shape index (κ3) is 4.80. The summed E-state index contributed by atoms with van der Waals surface area (Å²) in [7, 11) is 0.298. The molecule has 0 aromatic heterocycles. The van der Waals surface area contributed by atoms with E-state index in [2.05, 4.69) is 12.2 Å². The molecule has 4 nitrogen and oxygen atoms in total. The van der Waals surface area contributed by atoms with Crippen LogP contribution >= 0.6 is 0 Å². The molecule has 0 heterocycles. The molecule has 2 unspecified atom stereocenters. The molecule has 0 fully saturated rings. The molecule has 0 saturated heterocycles. The van der Waals surface area contributed by atoms with E-state index in [4.69, 9.17) is 4.74 Å². The molecular formula is C11H25NO3S. The molecule has 0 amide bonds. The summed E-state index contributed by atoms with van der Waals surface area (Å²) in [5, 5.41) is 2.82. The highest BCUT2D eigenvalue weighted by Crippen LogP contribution is 2.15. The molecule has 0 radical (unpaired) electrons. The Balaban J connectivity index is 4.67. The van der Waals surface area contributed by atoms with Crippen LogP contribution in [0.4, 0.5) is 0 Å². The van der Waals surface area contributed by atoms with Crippen LogP contribution in [0.5, 0.6) is 0 Å². The van der Waals surface area contributed by atoms with E-state index in [0.29, 0.717) is 6.42 Å². The summed E-state index contributed by atoms with van der Waals surface area (Å²) in [5.41, 5.74) is 0. The number of hydrogen-bond donors (Lipinski definition) is 1. The van der Waals surface area contributed by atoms with Gasteiger partial charge in [0.15, 0.2) is 9.84 Å². The Kier molecular flexibility index (Phi) is 7.97. The minimum atomic E-state index is -3.06. The van der Waals surface area contributed by atoms with E-state index in [9.17, 15) is 8.42 Å². The second kappa shape index (κ2) is 8.03. The van der Waals surface area contributed by atoms with Gasteiger partial charge in [-0.25, -0.2) is 8.42 Å². The van der Waals surface area contributed by atoms with Gasteiger partial charge >= 0.3 is 0 Å². The Morgan fingerprint density at radius 2 is 1.94 bits per heavy atom. The van der Waals surface area contributed by atoms with Crippen molar-refractivity contribution in [3.05, 3.63) is 0 Å². The van der Waals surface area contributed by atoms with Gasteiger partial charge in [-0.3, -0.25) is 0 Å². The topological polar surface area (TPSA) is 55.4 Å². The highest BCUT2D eigenvalue weighted by Gasteiger charge is 2.30. The van der Waals surface area contributed by atoms with E-state index in [1.165, 1.54) is 7.11 Å². The second-order valence-corrected chi connectivity index (χ2v) is 6.33. The zero-order chi connectivity index (χ0) is 12.6. The van der Waals surface area contributed by atoms with Crippen LogP contribution in [0.3, 0.4) is 0 Å². The first-order valence-corrected chi connectivity index (χ1v) is 7.62. The molecule has 16 heavy (non-hydrogen) atoms. The van der Waals surface area contributed by atoms with Gasteiger partial charge in [0.1, 0.15) is 0 Å². The molecule has 0 aromatic rings. The van der Waals surface area contributed by atoms with Crippen LogP contribution in [0.2, 0.25) is 0 Å². The van der Waals surface area contributed by atoms with Crippen molar-refractivity contribution < 1.29 is 13.2 Å². The van der Waals surface area contributed by atoms with Crippen molar-refractivity contribution in [3.8, 4) is 0 Å². The average Bonchev–Trinajstić information content (AvgIpc) is 2.26. The number of hydrogen-bond acceptors (Lipinski definition) is 4. The average molecular weight is 251 g/mol. The first kappa shape index (κ1) is 15.9. The summed E-state index contributed by atoms with van der Waals surface area (Å²) in [4.78, 5) is 0. The number of sulfone groups is 1. The Labute approximate surface area is 99.7 Å². The lowest BCUT2D eigenvalue weighted by molar-refractivity contribution is 0.216. The van der Waals surface area contributed by atoms with E-state index in [1.807, 2.05) is 14.0 Å². The van der Waals surface area contributed by atoms with Gasteiger partial charge < -0.3 is 10.1 Å². The molecule has 0 aliphatic rings. The monoisotopic (exact) mass is 251 g/mol. The van der Waals surface area contributed by atoms with Crippen molar-refractivity contribution in [1.82, 2.24) is 5.32 Å². The standard InChI is InChI=1S/C11H25NO3S/c1-5-7-10(12-3)11(6-2)16(13,14)9-8-15-4/h10-12H,5-9H2,1-4H3. The van der Waals surface area contributed by atoms with Gasteiger partial charge in [-0.1, -0.05) is 20.3 Å². The van der Waals surface area contributed by atoms with Crippen molar-refractivity contribution in [3.63, 3.8) is 0 Å². The second-order valence-electron chi connectivity index (χ2n) is 3.99. The van der Waals surface area contributed by atoms with Crippen LogP contribution < -0.4 is 5.32 Å². The van der Waals surface area contributed by atoms with Crippen LogP contribution in [0, 0.1) is 0 Å². The molecule has 98 valence electrons. The number of ether oxygens (including phenoxy) is 1. The van der Waals surface area contributed by atoms with Crippen molar-refractivity contribution >= 4 is 9.84 Å². The maximum Gasteiger partial charge on any atom is 0.156 e. The molecular weight excluding hydrogens is 226 g/mol. The fraction of sp³-hybridized carbons (Fsp3) is 1.00. The number of methoxy groups -OCH3 is 1. The first-order valence-electron chi connectivity index (χ1n) is 5.91. The minimum absolute atomic E-state index is 0.0526. The van der Waals surface area contributed by atoms with E-state index < -0.39 is 9.84 Å². The molecule has 0 rings (SSSR count). The molecule has 0 bridgehead atoms. The van der Waals surface area contributed by atoms with Gasteiger partial charge in [0.2, 0.25) is 0 Å². The summed E-state index contributed by atoms with van der Waals surface area (Å²) in [6.07, 6.45) is 2.53. The van der Waals surface area contributed by atoms with E-state index in [-0.39, 0.29) is 23.7 Å². The van der Waals surface area contributed by atoms with Gasteiger partial charge in [0, 0.05) is 13.2 Å². The van der Waals surface area contributed by atoms with Gasteiger partial charge in [0.25, 0.3) is 0 Å². The van der Waals surface area contributed by atoms with Crippen LogP contribution in [0.1, 0.15) is 33.1 Å². The smallest absolute Gasteiger partial charge is 0.156 e. The highest BCUT2D eigenvalue weighted by molar-refractivity contribution is 7.92. The van der Waals surface area contributed by atoms with Crippen LogP contribution in [-0.4, -0.2) is 46.2 Å². The predicted octanol–water partition coefficient (Wildman–Crippen LogP) is 1.21. The maximum absolute atomic E-state index is 12.1. The lowest BCUT2D eigenvalue weighted by atomic mass is 10.1. The van der Waals surface area contributed by atoms with Gasteiger partial charge in [-0.15, -0.1) is 0 Å². The fourth-order valence-electron chi connectivity index (χ4n) is 1.97. The quantitative estimate of drug-likeness (QED) is 0.669. The van der Waals surface area contributed by atoms with Crippen LogP contribution in [-0.2, 0) is 14.6 Å². The third-order valence-electron chi connectivity index (χ3n) is 2.85. The molecule has 1 N–H and O–H groups in total. The molecule has 0 aliphatic carbocycles. The lowest BCUT2D eigenvalue weighted by Gasteiger charge is -2.25. The zero-order valence-corrected chi connectivity index (χ0v) is 11.6.